The van der Waals surface area contributed by atoms with E-state index in [-0.39, 0.29) is 58.8 Å². The standard InChI is InChI=1S/C25H29FN2O6.BrH/c1-13(24(30)31)34-18-8-7-14(9-16(18)25(2,3)4)17(29)12-28-11-15-10-19(32-5)22(33-6)21(26)20(15)23(28)27;/h7-10,13,27H,11-12H2,1-6H3,(H,30,31);1H. The molecule has 0 fully saturated rings. The maximum absolute atomic E-state index is 15.0. The maximum atomic E-state index is 15.0. The summed E-state index contributed by atoms with van der Waals surface area (Å²) >= 11 is 0. The number of Topliss-reactive ketones (excluding diaryl/α,β-unsaturated/α-hetero) is 1. The van der Waals surface area contributed by atoms with Crippen LogP contribution in [0.3, 0.4) is 0 Å². The zero-order valence-corrected chi connectivity index (χ0v) is 22.2. The van der Waals surface area contributed by atoms with Crippen molar-refractivity contribution >= 4 is 34.6 Å². The summed E-state index contributed by atoms with van der Waals surface area (Å²) in [6.07, 6.45) is -1.05. The predicted molar refractivity (Wildman–Crippen MR) is 134 cm³/mol. The van der Waals surface area contributed by atoms with Gasteiger partial charge in [0.2, 0.25) is 0 Å². The van der Waals surface area contributed by atoms with Gasteiger partial charge in [0.15, 0.2) is 29.2 Å². The molecule has 0 radical (unpaired) electrons. The molecule has 1 atom stereocenters. The molecule has 2 aromatic rings. The average Bonchev–Trinajstić information content (AvgIpc) is 3.07. The first-order valence-corrected chi connectivity index (χ1v) is 10.7. The van der Waals surface area contributed by atoms with Crippen molar-refractivity contribution in [1.29, 1.82) is 5.41 Å². The highest BCUT2D eigenvalue weighted by molar-refractivity contribution is 8.93. The number of rotatable bonds is 8. The summed E-state index contributed by atoms with van der Waals surface area (Å²) < 4.78 is 30.9. The number of carbonyl (C=O) groups excluding carboxylic acids is 1. The lowest BCUT2D eigenvalue weighted by molar-refractivity contribution is -0.144. The van der Waals surface area contributed by atoms with Crippen molar-refractivity contribution in [2.75, 3.05) is 20.8 Å². The lowest BCUT2D eigenvalue weighted by Crippen LogP contribution is -2.31. The van der Waals surface area contributed by atoms with E-state index in [1.54, 1.807) is 24.3 Å². The van der Waals surface area contributed by atoms with Gasteiger partial charge in [0, 0.05) is 17.7 Å². The average molecular weight is 553 g/mol. The Bertz CT molecular complexity index is 1160. The summed E-state index contributed by atoms with van der Waals surface area (Å²) in [4.78, 5) is 25.8. The third-order valence-electron chi connectivity index (χ3n) is 5.70. The Morgan fingerprint density at radius 3 is 2.37 bits per heavy atom. The molecule has 0 saturated carbocycles. The van der Waals surface area contributed by atoms with E-state index in [4.69, 9.17) is 19.6 Å². The van der Waals surface area contributed by atoms with Crippen LogP contribution in [-0.4, -0.2) is 54.5 Å². The first-order valence-electron chi connectivity index (χ1n) is 10.7. The summed E-state index contributed by atoms with van der Waals surface area (Å²) in [5.74, 6) is -1.62. The van der Waals surface area contributed by atoms with Gasteiger partial charge in [-0.2, -0.15) is 0 Å². The van der Waals surface area contributed by atoms with Crippen LogP contribution >= 0.6 is 17.0 Å². The van der Waals surface area contributed by atoms with E-state index < -0.39 is 23.3 Å². The molecule has 0 amide bonds. The fraction of sp³-hybridized carbons (Fsp3) is 0.400. The summed E-state index contributed by atoms with van der Waals surface area (Å²) in [6.45, 7) is 7.29. The fourth-order valence-electron chi connectivity index (χ4n) is 3.86. The molecule has 190 valence electrons. The minimum absolute atomic E-state index is 0. The van der Waals surface area contributed by atoms with E-state index >= 15 is 0 Å². The molecule has 2 aromatic carbocycles. The topological polar surface area (TPSA) is 109 Å². The zero-order valence-electron chi connectivity index (χ0n) is 20.5. The highest BCUT2D eigenvalue weighted by Gasteiger charge is 2.33. The van der Waals surface area contributed by atoms with Gasteiger partial charge in [-0.25, -0.2) is 9.18 Å². The summed E-state index contributed by atoms with van der Waals surface area (Å²) in [5.41, 5.74) is 1.28. The largest absolute Gasteiger partial charge is 0.493 e. The number of hydrogen-bond acceptors (Lipinski definition) is 6. The molecule has 1 aliphatic rings. The molecular formula is C25H30BrFN2O6. The Balaban J connectivity index is 0.00000432. The number of nitrogens with one attached hydrogen (secondary N) is 1. The van der Waals surface area contributed by atoms with E-state index in [0.29, 0.717) is 22.4 Å². The molecule has 10 heteroatoms. The highest BCUT2D eigenvalue weighted by atomic mass is 79.9. The molecule has 35 heavy (non-hydrogen) atoms. The third kappa shape index (κ3) is 5.58. The SMILES string of the molecule is Br.COc1cc2c(c(F)c1OC)C(=N)N(CC(=O)c1ccc(OC(C)C(=O)O)c(C(C)(C)C)c1)C2. The van der Waals surface area contributed by atoms with Crippen LogP contribution in [0.1, 0.15) is 54.7 Å². The second-order valence-electron chi connectivity index (χ2n) is 9.15. The van der Waals surface area contributed by atoms with Crippen LogP contribution in [0, 0.1) is 11.2 Å². The Morgan fingerprint density at radius 1 is 1.17 bits per heavy atom. The number of carbonyl (C=O) groups is 2. The van der Waals surface area contributed by atoms with Gasteiger partial charge >= 0.3 is 5.97 Å². The van der Waals surface area contributed by atoms with Crippen molar-refractivity contribution in [1.82, 2.24) is 4.90 Å². The van der Waals surface area contributed by atoms with Gasteiger partial charge in [-0.05, 0) is 42.2 Å². The molecule has 8 nitrogen and oxygen atoms in total. The lowest BCUT2D eigenvalue weighted by Gasteiger charge is -2.25. The number of carboxylic acid groups (broad SMARTS) is 1. The fourth-order valence-corrected chi connectivity index (χ4v) is 3.86. The van der Waals surface area contributed by atoms with E-state index in [1.165, 1.54) is 26.0 Å². The molecule has 1 aliphatic heterocycles. The molecule has 0 aliphatic carbocycles. The van der Waals surface area contributed by atoms with Crippen LogP contribution in [0.2, 0.25) is 0 Å². The molecule has 3 rings (SSSR count). The number of carboxylic acids is 1. The Hall–Kier alpha value is -3.14. The van der Waals surface area contributed by atoms with E-state index in [0.717, 1.165) is 0 Å². The highest BCUT2D eigenvalue weighted by Crippen LogP contribution is 2.38. The van der Waals surface area contributed by atoms with Crippen molar-refractivity contribution in [2.24, 2.45) is 0 Å². The summed E-state index contributed by atoms with van der Waals surface area (Å²) in [7, 11) is 2.73. The van der Waals surface area contributed by atoms with Crippen molar-refractivity contribution < 1.29 is 33.3 Å². The molecule has 1 heterocycles. The molecular weight excluding hydrogens is 523 g/mol. The number of fused-ring (bicyclic) bond motifs is 1. The molecule has 0 aromatic heterocycles. The van der Waals surface area contributed by atoms with Crippen LogP contribution in [-0.2, 0) is 16.8 Å². The Morgan fingerprint density at radius 2 is 1.83 bits per heavy atom. The summed E-state index contributed by atoms with van der Waals surface area (Å²) in [6, 6.07) is 6.46. The van der Waals surface area contributed by atoms with Gasteiger partial charge in [-0.15, -0.1) is 17.0 Å². The quantitative estimate of drug-likeness (QED) is 0.460. The number of benzene rings is 2. The molecule has 1 unspecified atom stereocenters. The van der Waals surface area contributed by atoms with Crippen LogP contribution in [0.4, 0.5) is 4.39 Å². The molecule has 0 bridgehead atoms. The van der Waals surface area contributed by atoms with Gasteiger partial charge in [-0.1, -0.05) is 20.8 Å². The van der Waals surface area contributed by atoms with E-state index in [9.17, 15) is 19.1 Å². The first kappa shape index (κ1) is 28.1. The Kier molecular flexibility index (Phi) is 8.54. The van der Waals surface area contributed by atoms with Crippen LogP contribution in [0.25, 0.3) is 0 Å². The van der Waals surface area contributed by atoms with Crippen LogP contribution in [0.15, 0.2) is 24.3 Å². The number of methoxy groups -OCH3 is 2. The van der Waals surface area contributed by atoms with E-state index in [2.05, 4.69) is 0 Å². The first-order chi connectivity index (χ1) is 15.9. The normalized spacial score (nSPS) is 13.6. The predicted octanol–water partition coefficient (Wildman–Crippen LogP) is 4.59. The lowest BCUT2D eigenvalue weighted by atomic mass is 9.85. The van der Waals surface area contributed by atoms with Crippen molar-refractivity contribution in [2.45, 2.75) is 45.8 Å². The number of amidine groups is 1. The number of nitrogens with zero attached hydrogens (tertiary/aromatic N) is 1. The Labute approximate surface area is 214 Å². The van der Waals surface area contributed by atoms with Crippen molar-refractivity contribution in [3.05, 3.63) is 52.3 Å². The van der Waals surface area contributed by atoms with Crippen molar-refractivity contribution in [3.8, 4) is 17.2 Å². The second-order valence-corrected chi connectivity index (χ2v) is 9.15. The number of ketones is 1. The monoisotopic (exact) mass is 552 g/mol. The number of ether oxygens (including phenoxy) is 3. The summed E-state index contributed by atoms with van der Waals surface area (Å²) in [5, 5.41) is 17.6. The van der Waals surface area contributed by atoms with E-state index in [1.807, 2.05) is 20.8 Å². The van der Waals surface area contributed by atoms with Gasteiger partial charge in [0.25, 0.3) is 0 Å². The number of aliphatic carboxylic acids is 1. The molecule has 2 N–H and O–H groups in total. The van der Waals surface area contributed by atoms with Gasteiger partial charge in [0.1, 0.15) is 11.6 Å². The van der Waals surface area contributed by atoms with Gasteiger partial charge in [-0.3, -0.25) is 10.2 Å². The van der Waals surface area contributed by atoms with Crippen molar-refractivity contribution in [3.63, 3.8) is 0 Å². The third-order valence-corrected chi connectivity index (χ3v) is 5.70. The van der Waals surface area contributed by atoms with Gasteiger partial charge < -0.3 is 24.2 Å². The minimum Gasteiger partial charge on any atom is -0.493 e. The van der Waals surface area contributed by atoms with Gasteiger partial charge in [0.05, 0.1) is 26.3 Å². The number of halogens is 2. The van der Waals surface area contributed by atoms with Crippen LogP contribution < -0.4 is 14.2 Å². The minimum atomic E-state index is -1.09. The van der Waals surface area contributed by atoms with Crippen LogP contribution in [0.5, 0.6) is 17.2 Å². The zero-order chi connectivity index (χ0) is 25.4. The smallest absolute Gasteiger partial charge is 0.344 e. The second kappa shape index (κ2) is 10.6. The maximum Gasteiger partial charge on any atom is 0.344 e. The molecule has 0 spiro atoms. The molecule has 0 saturated heterocycles. The number of hydrogen-bond donors (Lipinski definition) is 2.